The average molecular weight is 569 g/mol. The number of aliphatic hydroxyl groups is 1. The third kappa shape index (κ3) is 7.21. The third-order valence-electron chi connectivity index (χ3n) is 8.44. The maximum Gasteiger partial charge on any atom is 0.329 e. The number of benzene rings is 3. The SMILES string of the molecule is COc1ccccc1CC(C(=O)N[C@@H](Cc1c[nH]c2ccccc12)C(=O)OCc1ccccc1)C(O)C1CCCCC1. The van der Waals surface area contributed by atoms with Crippen molar-refractivity contribution < 1.29 is 24.2 Å². The van der Waals surface area contributed by atoms with Crippen LogP contribution in [0.15, 0.2) is 85.1 Å². The molecular weight excluding hydrogens is 528 g/mol. The lowest BCUT2D eigenvalue weighted by molar-refractivity contribution is -0.150. The summed E-state index contributed by atoms with van der Waals surface area (Å²) in [6.07, 6.45) is 6.58. The minimum absolute atomic E-state index is 0.0290. The fourth-order valence-electron chi connectivity index (χ4n) is 6.10. The van der Waals surface area contributed by atoms with E-state index in [0.29, 0.717) is 12.2 Å². The van der Waals surface area contributed by atoms with Gasteiger partial charge in [-0.1, -0.05) is 86.0 Å². The van der Waals surface area contributed by atoms with Gasteiger partial charge in [0, 0.05) is 23.5 Å². The molecule has 1 aromatic heterocycles. The highest BCUT2D eigenvalue weighted by molar-refractivity contribution is 5.88. The number of methoxy groups -OCH3 is 1. The number of rotatable bonds is 12. The number of para-hydroxylation sites is 2. The first-order valence-corrected chi connectivity index (χ1v) is 14.9. The highest BCUT2D eigenvalue weighted by atomic mass is 16.5. The van der Waals surface area contributed by atoms with Crippen LogP contribution < -0.4 is 10.1 Å². The van der Waals surface area contributed by atoms with Gasteiger partial charge in [-0.25, -0.2) is 4.79 Å². The number of ether oxygens (including phenoxy) is 2. The van der Waals surface area contributed by atoms with E-state index in [1.807, 2.05) is 85.1 Å². The molecule has 0 aliphatic heterocycles. The zero-order chi connectivity index (χ0) is 29.3. The Morgan fingerprint density at radius 1 is 0.905 bits per heavy atom. The lowest BCUT2D eigenvalue weighted by Crippen LogP contribution is -2.50. The van der Waals surface area contributed by atoms with Crippen LogP contribution in [0.2, 0.25) is 0 Å². The Labute approximate surface area is 247 Å². The van der Waals surface area contributed by atoms with Crippen LogP contribution in [-0.4, -0.2) is 41.2 Å². The molecule has 5 rings (SSSR count). The summed E-state index contributed by atoms with van der Waals surface area (Å²) in [7, 11) is 1.60. The molecule has 1 fully saturated rings. The molecule has 1 heterocycles. The van der Waals surface area contributed by atoms with Crippen LogP contribution >= 0.6 is 0 Å². The average Bonchev–Trinajstić information content (AvgIpc) is 3.45. The monoisotopic (exact) mass is 568 g/mol. The van der Waals surface area contributed by atoms with Crippen LogP contribution in [0.3, 0.4) is 0 Å². The standard InChI is InChI=1S/C35H40N2O5/c1-41-32-19-11-8-16-26(32)20-29(33(38)25-14-6-3-7-15-25)34(39)37-31(35(40)42-23-24-12-4-2-5-13-24)21-27-22-36-30-18-10-9-17-28(27)30/h2,4-5,8-13,16-19,22,25,29,31,33,36,38H,3,6-7,14-15,20-21,23H2,1H3,(H,37,39)/t29?,31-,33?/m0/s1. The summed E-state index contributed by atoms with van der Waals surface area (Å²) in [4.78, 5) is 30.9. The number of nitrogens with one attached hydrogen (secondary N) is 2. The van der Waals surface area contributed by atoms with Gasteiger partial charge in [-0.3, -0.25) is 4.79 Å². The number of aromatic nitrogens is 1. The Morgan fingerprint density at radius 2 is 1.62 bits per heavy atom. The molecule has 1 amide bonds. The molecule has 3 aromatic carbocycles. The summed E-state index contributed by atoms with van der Waals surface area (Å²) in [6, 6.07) is 24.0. The second kappa shape index (κ2) is 14.2. The van der Waals surface area contributed by atoms with E-state index in [0.717, 1.165) is 59.7 Å². The maximum atomic E-state index is 14.1. The van der Waals surface area contributed by atoms with E-state index >= 15 is 0 Å². The van der Waals surface area contributed by atoms with Crippen LogP contribution in [0.1, 0.15) is 48.8 Å². The molecule has 1 aliphatic rings. The summed E-state index contributed by atoms with van der Waals surface area (Å²) in [5.74, 6) is -0.928. The van der Waals surface area contributed by atoms with Gasteiger partial charge in [0.15, 0.2) is 0 Å². The number of carbonyl (C=O) groups is 2. The van der Waals surface area contributed by atoms with Crippen LogP contribution in [0.4, 0.5) is 0 Å². The number of amides is 1. The predicted molar refractivity (Wildman–Crippen MR) is 163 cm³/mol. The van der Waals surface area contributed by atoms with E-state index in [1.54, 1.807) is 7.11 Å². The molecule has 3 atom stereocenters. The molecule has 4 aromatic rings. The topological polar surface area (TPSA) is 101 Å². The van der Waals surface area contributed by atoms with Crippen molar-refractivity contribution in [2.24, 2.45) is 11.8 Å². The fraction of sp³-hybridized carbons (Fsp3) is 0.371. The highest BCUT2D eigenvalue weighted by Gasteiger charge is 2.36. The van der Waals surface area contributed by atoms with E-state index in [2.05, 4.69) is 10.3 Å². The number of aliphatic hydroxyl groups excluding tert-OH is 1. The third-order valence-corrected chi connectivity index (χ3v) is 8.44. The van der Waals surface area contributed by atoms with Crippen molar-refractivity contribution in [2.45, 2.75) is 63.7 Å². The van der Waals surface area contributed by atoms with E-state index in [4.69, 9.17) is 9.47 Å². The quantitative estimate of drug-likeness (QED) is 0.189. The van der Waals surface area contributed by atoms with Crippen LogP contribution in [0, 0.1) is 11.8 Å². The number of hydrogen-bond acceptors (Lipinski definition) is 5. The van der Waals surface area contributed by atoms with Crippen LogP contribution in [0.5, 0.6) is 5.75 Å². The van der Waals surface area contributed by atoms with Crippen molar-refractivity contribution in [2.75, 3.05) is 7.11 Å². The number of aromatic amines is 1. The molecule has 0 radical (unpaired) electrons. The predicted octanol–water partition coefficient (Wildman–Crippen LogP) is 5.75. The normalized spacial score (nSPS) is 16.0. The second-order valence-corrected chi connectivity index (χ2v) is 11.2. The summed E-state index contributed by atoms with van der Waals surface area (Å²) in [5, 5.41) is 15.6. The number of H-pyrrole nitrogens is 1. The fourth-order valence-corrected chi connectivity index (χ4v) is 6.10. The summed E-state index contributed by atoms with van der Waals surface area (Å²) < 4.78 is 11.3. The number of fused-ring (bicyclic) bond motifs is 1. The Hall–Kier alpha value is -4.10. The van der Waals surface area contributed by atoms with Crippen molar-refractivity contribution in [1.82, 2.24) is 10.3 Å². The van der Waals surface area contributed by atoms with Gasteiger partial charge in [0.1, 0.15) is 18.4 Å². The van der Waals surface area contributed by atoms with Gasteiger partial charge in [0.05, 0.1) is 19.1 Å². The van der Waals surface area contributed by atoms with E-state index < -0.39 is 24.0 Å². The van der Waals surface area contributed by atoms with Gasteiger partial charge in [0.2, 0.25) is 5.91 Å². The van der Waals surface area contributed by atoms with Gasteiger partial charge in [0.25, 0.3) is 0 Å². The van der Waals surface area contributed by atoms with Crippen molar-refractivity contribution in [3.63, 3.8) is 0 Å². The smallest absolute Gasteiger partial charge is 0.329 e. The summed E-state index contributed by atoms with van der Waals surface area (Å²) in [5.41, 5.74) is 3.57. The molecule has 0 bridgehead atoms. The minimum atomic E-state index is -0.931. The zero-order valence-corrected chi connectivity index (χ0v) is 24.1. The molecule has 0 spiro atoms. The number of esters is 1. The van der Waals surface area contributed by atoms with Crippen molar-refractivity contribution in [1.29, 1.82) is 0 Å². The molecule has 0 saturated heterocycles. The first-order chi connectivity index (χ1) is 20.5. The first-order valence-electron chi connectivity index (χ1n) is 14.9. The molecule has 42 heavy (non-hydrogen) atoms. The van der Waals surface area contributed by atoms with Crippen molar-refractivity contribution in [3.8, 4) is 5.75 Å². The number of carbonyl (C=O) groups excluding carboxylic acids is 2. The lowest BCUT2D eigenvalue weighted by Gasteiger charge is -2.32. The Morgan fingerprint density at radius 3 is 2.40 bits per heavy atom. The second-order valence-electron chi connectivity index (χ2n) is 11.2. The maximum absolute atomic E-state index is 14.1. The molecule has 3 N–H and O–H groups in total. The Bertz CT molecular complexity index is 1460. The molecule has 1 saturated carbocycles. The summed E-state index contributed by atoms with van der Waals surface area (Å²) >= 11 is 0. The van der Waals surface area contributed by atoms with Crippen molar-refractivity contribution >= 4 is 22.8 Å². The zero-order valence-electron chi connectivity index (χ0n) is 24.1. The molecule has 1 aliphatic carbocycles. The van der Waals surface area contributed by atoms with E-state index in [9.17, 15) is 14.7 Å². The molecule has 7 nitrogen and oxygen atoms in total. The first kappa shape index (κ1) is 29.4. The summed E-state index contributed by atoms with van der Waals surface area (Å²) in [6.45, 7) is 0.106. The molecule has 7 heteroatoms. The molecular formula is C35H40N2O5. The van der Waals surface area contributed by atoms with Gasteiger partial charge >= 0.3 is 5.97 Å². The highest BCUT2D eigenvalue weighted by Crippen LogP contribution is 2.32. The Kier molecular flexibility index (Phi) is 9.93. The van der Waals surface area contributed by atoms with Gasteiger partial charge < -0.3 is 24.9 Å². The van der Waals surface area contributed by atoms with Gasteiger partial charge in [-0.15, -0.1) is 0 Å². The van der Waals surface area contributed by atoms with Gasteiger partial charge in [-0.2, -0.15) is 0 Å². The molecule has 2 unspecified atom stereocenters. The van der Waals surface area contributed by atoms with Crippen LogP contribution in [0.25, 0.3) is 10.9 Å². The Balaban J connectivity index is 1.40. The number of hydrogen-bond donors (Lipinski definition) is 3. The van der Waals surface area contributed by atoms with Gasteiger partial charge in [-0.05, 0) is 54.0 Å². The lowest BCUT2D eigenvalue weighted by atomic mass is 9.78. The van der Waals surface area contributed by atoms with Crippen molar-refractivity contribution in [3.05, 3.63) is 102 Å². The van der Waals surface area contributed by atoms with Crippen LogP contribution in [-0.2, 0) is 33.8 Å². The minimum Gasteiger partial charge on any atom is -0.496 e. The molecule has 220 valence electrons. The van der Waals surface area contributed by atoms with E-state index in [1.165, 1.54) is 0 Å². The largest absolute Gasteiger partial charge is 0.496 e. The van der Waals surface area contributed by atoms with E-state index in [-0.39, 0.29) is 24.9 Å².